The summed E-state index contributed by atoms with van der Waals surface area (Å²) in [6.07, 6.45) is 0.201. The lowest BCUT2D eigenvalue weighted by atomic mass is 10.1. The molecule has 0 spiro atoms. The van der Waals surface area contributed by atoms with E-state index in [1.54, 1.807) is 24.3 Å². The fourth-order valence-corrected chi connectivity index (χ4v) is 1.26. The molecule has 0 saturated carbocycles. The molecule has 92 valence electrons. The number of nitrogens with two attached hydrogens (primary N) is 1. The number of amides is 1. The number of nitrogens with one attached hydrogen (secondary N) is 1. The molecule has 0 aliphatic heterocycles. The smallest absolute Gasteiger partial charge is 0.320 e. The Labute approximate surface area is 97.4 Å². The Morgan fingerprint density at radius 3 is 2.41 bits per heavy atom. The quantitative estimate of drug-likeness (QED) is 0.700. The van der Waals surface area contributed by atoms with Gasteiger partial charge in [-0.05, 0) is 24.1 Å². The summed E-state index contributed by atoms with van der Waals surface area (Å²) >= 11 is 0. The molecule has 0 heterocycles. The summed E-state index contributed by atoms with van der Waals surface area (Å²) in [6.45, 7) is -1.08. The van der Waals surface area contributed by atoms with Crippen LogP contribution in [0.1, 0.15) is 5.56 Å². The van der Waals surface area contributed by atoms with Gasteiger partial charge in [0.2, 0.25) is 0 Å². The van der Waals surface area contributed by atoms with Crippen LogP contribution in [0, 0.1) is 0 Å². The Morgan fingerprint density at radius 1 is 1.35 bits per heavy atom. The topological polar surface area (TPSA) is 92.4 Å². The molecule has 1 aromatic rings. The van der Waals surface area contributed by atoms with Crippen molar-refractivity contribution in [1.82, 2.24) is 0 Å². The van der Waals surface area contributed by atoms with Crippen molar-refractivity contribution in [2.75, 3.05) is 12.0 Å². The number of halogens is 1. The first-order valence-corrected chi connectivity index (χ1v) is 4.96. The molecule has 1 atom stereocenters. The van der Waals surface area contributed by atoms with E-state index in [0.717, 1.165) is 5.56 Å². The number of hydrogen-bond acceptors (Lipinski definition) is 3. The van der Waals surface area contributed by atoms with Gasteiger partial charge in [-0.3, -0.25) is 9.59 Å². The zero-order valence-corrected chi connectivity index (χ0v) is 9.02. The molecule has 1 amide bonds. The molecule has 0 bridgehead atoms. The predicted molar refractivity (Wildman–Crippen MR) is 60.4 cm³/mol. The summed E-state index contributed by atoms with van der Waals surface area (Å²) in [5.41, 5.74) is 6.56. The van der Waals surface area contributed by atoms with Gasteiger partial charge in [0, 0.05) is 5.69 Å². The van der Waals surface area contributed by atoms with Gasteiger partial charge in [-0.15, -0.1) is 0 Å². The number of carbonyl (C=O) groups excluding carboxylic acids is 1. The van der Waals surface area contributed by atoms with Crippen LogP contribution in [-0.4, -0.2) is 29.7 Å². The molecule has 0 aliphatic carbocycles. The van der Waals surface area contributed by atoms with Crippen LogP contribution >= 0.6 is 0 Å². The lowest BCUT2D eigenvalue weighted by Crippen LogP contribution is -2.32. The number of carbonyl (C=O) groups is 2. The van der Waals surface area contributed by atoms with Gasteiger partial charge < -0.3 is 16.2 Å². The highest BCUT2D eigenvalue weighted by atomic mass is 19.1. The zero-order valence-electron chi connectivity index (χ0n) is 9.02. The van der Waals surface area contributed by atoms with Gasteiger partial charge in [-0.1, -0.05) is 12.1 Å². The van der Waals surface area contributed by atoms with Crippen LogP contribution in [0.2, 0.25) is 0 Å². The van der Waals surface area contributed by atoms with Crippen molar-refractivity contribution >= 4 is 17.6 Å². The van der Waals surface area contributed by atoms with Crippen LogP contribution in [-0.2, 0) is 16.0 Å². The molecular weight excluding hydrogens is 227 g/mol. The van der Waals surface area contributed by atoms with Crippen LogP contribution in [0.5, 0.6) is 0 Å². The first kappa shape index (κ1) is 13.1. The lowest BCUT2D eigenvalue weighted by Gasteiger charge is -2.07. The van der Waals surface area contributed by atoms with Gasteiger partial charge >= 0.3 is 5.97 Å². The molecule has 0 fully saturated rings. The molecule has 6 heteroatoms. The number of benzene rings is 1. The summed E-state index contributed by atoms with van der Waals surface area (Å²) < 4.78 is 11.9. The Hall–Kier alpha value is -1.95. The van der Waals surface area contributed by atoms with Crippen molar-refractivity contribution in [1.29, 1.82) is 0 Å². The molecule has 1 aromatic carbocycles. The van der Waals surface area contributed by atoms with Crippen molar-refractivity contribution in [3.63, 3.8) is 0 Å². The second-order valence-electron chi connectivity index (χ2n) is 3.53. The largest absolute Gasteiger partial charge is 0.480 e. The number of carboxylic acids is 1. The third-order valence-corrected chi connectivity index (χ3v) is 2.13. The normalized spacial score (nSPS) is 11.9. The third kappa shape index (κ3) is 4.20. The maximum atomic E-state index is 11.9. The highest BCUT2D eigenvalue weighted by Crippen LogP contribution is 2.10. The first-order valence-electron chi connectivity index (χ1n) is 4.96. The number of rotatable bonds is 5. The van der Waals surface area contributed by atoms with Gasteiger partial charge in [0.15, 0.2) is 6.67 Å². The SMILES string of the molecule is NC(Cc1ccc(NC(=O)CF)cc1)C(=O)O. The molecular formula is C11H13FN2O3. The fraction of sp³-hybridized carbons (Fsp3) is 0.273. The van der Waals surface area contributed by atoms with E-state index in [4.69, 9.17) is 10.8 Å². The van der Waals surface area contributed by atoms with Crippen LogP contribution in [0.15, 0.2) is 24.3 Å². The highest BCUT2D eigenvalue weighted by Gasteiger charge is 2.11. The molecule has 4 N–H and O–H groups in total. The van der Waals surface area contributed by atoms with Crippen molar-refractivity contribution in [3.05, 3.63) is 29.8 Å². The van der Waals surface area contributed by atoms with Crippen LogP contribution in [0.25, 0.3) is 0 Å². The summed E-state index contributed by atoms with van der Waals surface area (Å²) in [5.74, 6) is -1.79. The van der Waals surface area contributed by atoms with E-state index in [1.807, 2.05) is 0 Å². The summed E-state index contributed by atoms with van der Waals surface area (Å²) in [7, 11) is 0. The number of hydrogen-bond donors (Lipinski definition) is 3. The summed E-state index contributed by atoms with van der Waals surface area (Å²) in [6, 6.07) is 5.45. The lowest BCUT2D eigenvalue weighted by molar-refractivity contribution is -0.138. The van der Waals surface area contributed by atoms with Gasteiger partial charge in [0.25, 0.3) is 5.91 Å². The van der Waals surface area contributed by atoms with Crippen molar-refractivity contribution < 1.29 is 19.1 Å². The van der Waals surface area contributed by atoms with E-state index in [1.165, 1.54) is 0 Å². The van der Waals surface area contributed by atoms with Gasteiger partial charge in [-0.2, -0.15) is 0 Å². The number of anilines is 1. The second kappa shape index (κ2) is 5.95. The summed E-state index contributed by atoms with van der Waals surface area (Å²) in [5, 5.41) is 11.0. The van der Waals surface area contributed by atoms with Crippen LogP contribution in [0.4, 0.5) is 10.1 Å². The standard InChI is InChI=1S/C11H13FN2O3/c12-6-10(15)14-8-3-1-7(2-4-8)5-9(13)11(16)17/h1-4,9H,5-6,13H2,(H,14,15)(H,16,17). The Morgan fingerprint density at radius 2 is 1.94 bits per heavy atom. The van der Waals surface area contributed by atoms with E-state index >= 15 is 0 Å². The first-order chi connectivity index (χ1) is 8.02. The average molecular weight is 240 g/mol. The van der Waals surface area contributed by atoms with Crippen LogP contribution in [0.3, 0.4) is 0 Å². The van der Waals surface area contributed by atoms with E-state index in [-0.39, 0.29) is 6.42 Å². The maximum absolute atomic E-state index is 11.9. The minimum absolute atomic E-state index is 0.201. The molecule has 0 aliphatic rings. The average Bonchev–Trinajstić information content (AvgIpc) is 2.31. The van der Waals surface area contributed by atoms with Crippen molar-refractivity contribution in [2.24, 2.45) is 5.73 Å². The van der Waals surface area contributed by atoms with Gasteiger partial charge in [0.05, 0.1) is 0 Å². The zero-order chi connectivity index (χ0) is 12.8. The van der Waals surface area contributed by atoms with E-state index in [0.29, 0.717) is 5.69 Å². The van der Waals surface area contributed by atoms with E-state index < -0.39 is 24.6 Å². The van der Waals surface area contributed by atoms with Crippen LogP contribution < -0.4 is 11.1 Å². The molecule has 1 rings (SSSR count). The minimum Gasteiger partial charge on any atom is -0.480 e. The monoisotopic (exact) mass is 240 g/mol. The fourth-order valence-electron chi connectivity index (χ4n) is 1.26. The molecule has 1 unspecified atom stereocenters. The van der Waals surface area contributed by atoms with Gasteiger partial charge in [-0.25, -0.2) is 4.39 Å². The number of carboxylic acid groups (broad SMARTS) is 1. The molecule has 0 saturated heterocycles. The van der Waals surface area contributed by atoms with Crippen molar-refractivity contribution in [3.8, 4) is 0 Å². The molecule has 17 heavy (non-hydrogen) atoms. The summed E-state index contributed by atoms with van der Waals surface area (Å²) in [4.78, 5) is 21.3. The Bertz CT molecular complexity index is 406. The van der Waals surface area contributed by atoms with E-state index in [2.05, 4.69) is 5.32 Å². The third-order valence-electron chi connectivity index (χ3n) is 2.13. The Kier molecular flexibility index (Phi) is 4.59. The predicted octanol–water partition coefficient (Wildman–Crippen LogP) is 0.549. The van der Waals surface area contributed by atoms with E-state index in [9.17, 15) is 14.0 Å². The number of alkyl halides is 1. The molecule has 5 nitrogen and oxygen atoms in total. The Balaban J connectivity index is 2.62. The maximum Gasteiger partial charge on any atom is 0.320 e. The van der Waals surface area contributed by atoms with Crippen molar-refractivity contribution in [2.45, 2.75) is 12.5 Å². The minimum atomic E-state index is -1.08. The molecule has 0 radical (unpaired) electrons. The molecule has 0 aromatic heterocycles. The van der Waals surface area contributed by atoms with Gasteiger partial charge in [0.1, 0.15) is 6.04 Å². The highest BCUT2D eigenvalue weighted by molar-refractivity contribution is 5.91. The number of aliphatic carboxylic acids is 1. The second-order valence-corrected chi connectivity index (χ2v) is 3.53.